The second-order valence-electron chi connectivity index (χ2n) is 5.45. The largest absolute Gasteiger partial charge is 0.493 e. The van der Waals surface area contributed by atoms with Crippen molar-refractivity contribution in [2.45, 2.75) is 6.42 Å². The number of nitrogens with zero attached hydrogens (tertiary/aromatic N) is 5. The number of hydrogen-bond donors (Lipinski definition) is 0. The van der Waals surface area contributed by atoms with Crippen LogP contribution in [-0.2, 0) is 6.42 Å². The fourth-order valence-electron chi connectivity index (χ4n) is 2.59. The molecule has 0 saturated heterocycles. The predicted molar refractivity (Wildman–Crippen MR) is 99.3 cm³/mol. The summed E-state index contributed by atoms with van der Waals surface area (Å²) in [4.78, 5) is 4.72. The Morgan fingerprint density at radius 1 is 1.08 bits per heavy atom. The minimum absolute atomic E-state index is 0.430. The Balaban J connectivity index is 1.67. The quantitative estimate of drug-likeness (QED) is 0.488. The van der Waals surface area contributed by atoms with Crippen LogP contribution < -0.4 is 9.47 Å². The third kappa shape index (κ3) is 3.09. The highest BCUT2D eigenvalue weighted by Crippen LogP contribution is 2.29. The number of pyridine rings is 1. The molecule has 3 heterocycles. The Labute approximate surface area is 158 Å². The Morgan fingerprint density at radius 3 is 2.69 bits per heavy atom. The van der Waals surface area contributed by atoms with E-state index in [1.54, 1.807) is 31.0 Å². The van der Waals surface area contributed by atoms with Gasteiger partial charge < -0.3 is 9.47 Å². The number of halogens is 1. The molecule has 7 nitrogen and oxygen atoms in total. The molecule has 0 aliphatic rings. The highest BCUT2D eigenvalue weighted by atomic mass is 35.5. The lowest BCUT2D eigenvalue weighted by Crippen LogP contribution is -1.99. The lowest BCUT2D eigenvalue weighted by Gasteiger charge is -2.08. The summed E-state index contributed by atoms with van der Waals surface area (Å²) in [6.07, 6.45) is 2.23. The Hall–Kier alpha value is -2.71. The molecular weight excluding hydrogens is 374 g/mol. The first-order valence-electron chi connectivity index (χ1n) is 7.72. The highest BCUT2D eigenvalue weighted by Gasteiger charge is 2.15. The van der Waals surface area contributed by atoms with Crippen LogP contribution in [0.5, 0.6) is 11.5 Å². The van der Waals surface area contributed by atoms with Gasteiger partial charge in [0.05, 0.1) is 14.2 Å². The summed E-state index contributed by atoms with van der Waals surface area (Å²) in [6, 6.07) is 9.42. The van der Waals surface area contributed by atoms with Crippen LogP contribution in [0.4, 0.5) is 0 Å². The molecule has 0 N–H and O–H groups in total. The van der Waals surface area contributed by atoms with Gasteiger partial charge in [-0.25, -0.2) is 4.98 Å². The van der Waals surface area contributed by atoms with Gasteiger partial charge in [0.2, 0.25) is 4.96 Å². The number of rotatable bonds is 5. The molecule has 9 heteroatoms. The van der Waals surface area contributed by atoms with Crippen LogP contribution in [0.3, 0.4) is 0 Å². The van der Waals surface area contributed by atoms with Crippen molar-refractivity contribution in [3.8, 4) is 22.1 Å². The van der Waals surface area contributed by atoms with Gasteiger partial charge in [0.1, 0.15) is 10.2 Å². The maximum atomic E-state index is 5.97. The molecule has 3 aromatic heterocycles. The summed E-state index contributed by atoms with van der Waals surface area (Å²) in [5.41, 5.74) is 1.93. The topological polar surface area (TPSA) is 74.4 Å². The Morgan fingerprint density at radius 2 is 1.92 bits per heavy atom. The van der Waals surface area contributed by atoms with Crippen molar-refractivity contribution in [1.29, 1.82) is 0 Å². The zero-order chi connectivity index (χ0) is 18.1. The maximum Gasteiger partial charge on any atom is 0.234 e. The van der Waals surface area contributed by atoms with Crippen molar-refractivity contribution in [1.82, 2.24) is 24.8 Å². The predicted octanol–water partition coefficient (Wildman–Crippen LogP) is 3.51. The molecule has 26 heavy (non-hydrogen) atoms. The minimum atomic E-state index is 0.430. The van der Waals surface area contributed by atoms with Gasteiger partial charge in [-0.05, 0) is 29.8 Å². The van der Waals surface area contributed by atoms with Crippen LogP contribution >= 0.6 is 22.9 Å². The summed E-state index contributed by atoms with van der Waals surface area (Å²) in [7, 11) is 3.23. The molecule has 0 aliphatic carbocycles. The van der Waals surface area contributed by atoms with Crippen LogP contribution in [0.25, 0.3) is 15.5 Å². The molecule has 0 bridgehead atoms. The normalized spacial score (nSPS) is 11.0. The molecule has 0 spiro atoms. The Bertz CT molecular complexity index is 1080. The third-order valence-electron chi connectivity index (χ3n) is 3.84. The zero-order valence-electron chi connectivity index (χ0n) is 14.0. The molecule has 0 atom stereocenters. The third-order valence-corrected chi connectivity index (χ3v) is 4.99. The van der Waals surface area contributed by atoms with E-state index in [4.69, 9.17) is 21.1 Å². The second kappa shape index (κ2) is 6.89. The molecule has 0 fully saturated rings. The molecule has 0 amide bonds. The van der Waals surface area contributed by atoms with Crippen molar-refractivity contribution in [3.63, 3.8) is 0 Å². The first kappa shape index (κ1) is 16.7. The highest BCUT2D eigenvalue weighted by molar-refractivity contribution is 7.19. The average Bonchev–Trinajstić information content (AvgIpc) is 3.23. The van der Waals surface area contributed by atoms with Crippen LogP contribution in [0, 0.1) is 0 Å². The van der Waals surface area contributed by atoms with E-state index in [2.05, 4.69) is 20.3 Å². The van der Waals surface area contributed by atoms with Gasteiger partial charge in [0.25, 0.3) is 0 Å². The fraction of sp³-hybridized carbons (Fsp3) is 0.176. The van der Waals surface area contributed by atoms with Gasteiger partial charge in [-0.3, -0.25) is 0 Å². The Kier molecular flexibility index (Phi) is 4.44. The maximum absolute atomic E-state index is 5.97. The van der Waals surface area contributed by atoms with Gasteiger partial charge in [-0.2, -0.15) is 9.61 Å². The molecular formula is C17H14ClN5O2S. The van der Waals surface area contributed by atoms with Crippen molar-refractivity contribution < 1.29 is 9.47 Å². The monoisotopic (exact) mass is 387 g/mol. The first-order valence-corrected chi connectivity index (χ1v) is 8.91. The molecule has 0 saturated carbocycles. The standard InChI is InChI=1S/C17H14ClN5O2S/c1-24-12-4-3-10(7-13(12)25-2)8-15-20-21-17-23(15)22-16(26-17)11-5-6-19-14(18)9-11/h3-7,9H,8H2,1-2H3. The number of methoxy groups -OCH3 is 2. The van der Waals surface area contributed by atoms with Gasteiger partial charge in [0.15, 0.2) is 17.3 Å². The number of benzene rings is 1. The molecule has 4 aromatic rings. The minimum Gasteiger partial charge on any atom is -0.493 e. The van der Waals surface area contributed by atoms with E-state index in [9.17, 15) is 0 Å². The lowest BCUT2D eigenvalue weighted by atomic mass is 10.1. The summed E-state index contributed by atoms with van der Waals surface area (Å²) in [5.74, 6) is 2.11. The van der Waals surface area contributed by atoms with Crippen LogP contribution in [0.2, 0.25) is 5.15 Å². The van der Waals surface area contributed by atoms with Crippen molar-refractivity contribution in [3.05, 3.63) is 53.1 Å². The molecule has 0 unspecified atom stereocenters. The molecule has 0 radical (unpaired) electrons. The van der Waals surface area contributed by atoms with E-state index >= 15 is 0 Å². The van der Waals surface area contributed by atoms with Crippen LogP contribution in [0.1, 0.15) is 11.4 Å². The summed E-state index contributed by atoms with van der Waals surface area (Å²) in [6.45, 7) is 0. The summed E-state index contributed by atoms with van der Waals surface area (Å²) < 4.78 is 12.4. The first-order chi connectivity index (χ1) is 12.7. The van der Waals surface area contributed by atoms with Gasteiger partial charge >= 0.3 is 0 Å². The number of fused-ring (bicyclic) bond motifs is 1. The van der Waals surface area contributed by atoms with E-state index in [1.807, 2.05) is 24.3 Å². The van der Waals surface area contributed by atoms with E-state index in [0.29, 0.717) is 23.1 Å². The lowest BCUT2D eigenvalue weighted by molar-refractivity contribution is 0.354. The zero-order valence-corrected chi connectivity index (χ0v) is 15.6. The SMILES string of the molecule is COc1ccc(Cc2nnc3sc(-c4ccnc(Cl)c4)nn23)cc1OC. The van der Waals surface area contributed by atoms with Crippen molar-refractivity contribution >= 4 is 27.9 Å². The second-order valence-corrected chi connectivity index (χ2v) is 6.79. The fourth-order valence-corrected chi connectivity index (χ4v) is 3.62. The van der Waals surface area contributed by atoms with Crippen LogP contribution in [0.15, 0.2) is 36.5 Å². The summed E-state index contributed by atoms with van der Waals surface area (Å²) in [5, 5.41) is 14.3. The van der Waals surface area contributed by atoms with Crippen LogP contribution in [-0.4, -0.2) is 39.0 Å². The smallest absolute Gasteiger partial charge is 0.234 e. The molecule has 132 valence electrons. The van der Waals surface area contributed by atoms with E-state index in [0.717, 1.165) is 26.9 Å². The van der Waals surface area contributed by atoms with E-state index in [1.165, 1.54) is 11.3 Å². The number of aromatic nitrogens is 5. The van der Waals surface area contributed by atoms with Crippen molar-refractivity contribution in [2.75, 3.05) is 14.2 Å². The van der Waals surface area contributed by atoms with Crippen molar-refractivity contribution in [2.24, 2.45) is 0 Å². The number of hydrogen-bond acceptors (Lipinski definition) is 7. The number of ether oxygens (including phenoxy) is 2. The molecule has 4 rings (SSSR count). The van der Waals surface area contributed by atoms with E-state index < -0.39 is 0 Å². The molecule has 0 aliphatic heterocycles. The van der Waals surface area contributed by atoms with Gasteiger partial charge in [0, 0.05) is 18.2 Å². The van der Waals surface area contributed by atoms with Gasteiger partial charge in [-0.15, -0.1) is 10.2 Å². The van der Waals surface area contributed by atoms with Gasteiger partial charge in [-0.1, -0.05) is 29.0 Å². The average molecular weight is 388 g/mol. The molecule has 1 aromatic carbocycles. The van der Waals surface area contributed by atoms with E-state index in [-0.39, 0.29) is 0 Å². The summed E-state index contributed by atoms with van der Waals surface area (Å²) >= 11 is 7.42.